The van der Waals surface area contributed by atoms with Crippen molar-refractivity contribution >= 4 is 35.8 Å². The quantitative estimate of drug-likeness (QED) is 0.293. The Morgan fingerprint density at radius 2 is 2.11 bits per heavy atom. The molecular formula is C19H32IN5O2. The fraction of sp³-hybridized carbons (Fsp3) is 0.579. The Kier molecular flexibility index (Phi) is 11.3. The summed E-state index contributed by atoms with van der Waals surface area (Å²) in [7, 11) is 5.72. The number of hydrogen-bond acceptors (Lipinski definition) is 4. The van der Waals surface area contributed by atoms with Crippen LogP contribution < -0.4 is 16.0 Å². The average Bonchev–Trinajstić information content (AvgIpc) is 3.15. The first-order valence-corrected chi connectivity index (χ1v) is 9.16. The van der Waals surface area contributed by atoms with Crippen LogP contribution in [0.5, 0.6) is 0 Å². The standard InChI is InChI=1S/C19H31N5O2.HI/c1-20-19(23-14-17-8-5-11-26-17)22-13-15-6-4-7-16(12-15)18(25)21-9-10-24(2)3;/h4,6-7,12,17H,5,8-11,13-14H2,1-3H3,(H,21,25)(H2,20,22,23);1H. The van der Waals surface area contributed by atoms with E-state index in [1.54, 1.807) is 7.05 Å². The van der Waals surface area contributed by atoms with E-state index in [1.165, 1.54) is 0 Å². The van der Waals surface area contributed by atoms with Crippen molar-refractivity contribution in [3.8, 4) is 0 Å². The van der Waals surface area contributed by atoms with Crippen LogP contribution in [0.3, 0.4) is 0 Å². The molecule has 0 aliphatic carbocycles. The number of halogens is 1. The number of ether oxygens (including phenoxy) is 1. The Balaban J connectivity index is 0.00000364. The van der Waals surface area contributed by atoms with Gasteiger partial charge in [-0.15, -0.1) is 24.0 Å². The highest BCUT2D eigenvalue weighted by molar-refractivity contribution is 14.0. The molecule has 1 saturated heterocycles. The third-order valence-corrected chi connectivity index (χ3v) is 4.24. The number of amides is 1. The predicted octanol–water partition coefficient (Wildman–Crippen LogP) is 1.44. The summed E-state index contributed by atoms with van der Waals surface area (Å²) >= 11 is 0. The summed E-state index contributed by atoms with van der Waals surface area (Å²) in [6, 6.07) is 7.64. The molecule has 3 N–H and O–H groups in total. The smallest absolute Gasteiger partial charge is 0.251 e. The van der Waals surface area contributed by atoms with Crippen LogP contribution in [0.15, 0.2) is 29.3 Å². The number of benzene rings is 1. The average molecular weight is 489 g/mol. The first kappa shape index (κ1) is 23.6. The number of aliphatic imine (C=N–C) groups is 1. The van der Waals surface area contributed by atoms with Gasteiger partial charge in [0.05, 0.1) is 6.10 Å². The molecule has 0 spiro atoms. The highest BCUT2D eigenvalue weighted by Crippen LogP contribution is 2.10. The number of nitrogens with one attached hydrogen (secondary N) is 3. The summed E-state index contributed by atoms with van der Waals surface area (Å²) in [4.78, 5) is 18.5. The van der Waals surface area contributed by atoms with Gasteiger partial charge < -0.3 is 25.6 Å². The van der Waals surface area contributed by atoms with Gasteiger partial charge in [0.1, 0.15) is 0 Å². The van der Waals surface area contributed by atoms with Crippen LogP contribution in [0.25, 0.3) is 0 Å². The van der Waals surface area contributed by atoms with Gasteiger partial charge in [0.15, 0.2) is 5.96 Å². The van der Waals surface area contributed by atoms with Crippen LogP contribution >= 0.6 is 24.0 Å². The lowest BCUT2D eigenvalue weighted by Crippen LogP contribution is -2.40. The molecule has 0 radical (unpaired) electrons. The molecule has 1 aromatic rings. The normalized spacial score (nSPS) is 16.7. The Hall–Kier alpha value is -1.39. The molecule has 1 amide bonds. The summed E-state index contributed by atoms with van der Waals surface area (Å²) in [5, 5.41) is 9.50. The van der Waals surface area contributed by atoms with Gasteiger partial charge in [0, 0.05) is 45.4 Å². The summed E-state index contributed by atoms with van der Waals surface area (Å²) in [5.41, 5.74) is 1.70. The third-order valence-electron chi connectivity index (χ3n) is 4.24. The Morgan fingerprint density at radius 1 is 1.30 bits per heavy atom. The Morgan fingerprint density at radius 3 is 2.78 bits per heavy atom. The molecule has 0 saturated carbocycles. The van der Waals surface area contributed by atoms with E-state index in [2.05, 4.69) is 20.9 Å². The van der Waals surface area contributed by atoms with Gasteiger partial charge in [0.2, 0.25) is 0 Å². The lowest BCUT2D eigenvalue weighted by Gasteiger charge is -2.15. The molecule has 27 heavy (non-hydrogen) atoms. The van der Waals surface area contributed by atoms with Crippen molar-refractivity contribution in [2.45, 2.75) is 25.5 Å². The number of guanidine groups is 1. The van der Waals surface area contributed by atoms with E-state index >= 15 is 0 Å². The lowest BCUT2D eigenvalue weighted by atomic mass is 10.1. The SMILES string of the molecule is CN=C(NCc1cccc(C(=O)NCCN(C)C)c1)NCC1CCCO1.I. The summed E-state index contributed by atoms with van der Waals surface area (Å²) < 4.78 is 5.61. The number of carbonyl (C=O) groups is 1. The van der Waals surface area contributed by atoms with E-state index in [1.807, 2.05) is 43.3 Å². The molecule has 1 aliphatic rings. The fourth-order valence-electron chi connectivity index (χ4n) is 2.74. The molecule has 0 aromatic heterocycles. The topological polar surface area (TPSA) is 78.0 Å². The lowest BCUT2D eigenvalue weighted by molar-refractivity contribution is 0.0951. The van der Waals surface area contributed by atoms with Crippen molar-refractivity contribution in [1.29, 1.82) is 0 Å². The summed E-state index contributed by atoms with van der Waals surface area (Å²) in [6.07, 6.45) is 2.49. The van der Waals surface area contributed by atoms with Gasteiger partial charge in [-0.3, -0.25) is 9.79 Å². The number of rotatable bonds is 8. The first-order valence-electron chi connectivity index (χ1n) is 9.16. The van der Waals surface area contributed by atoms with Crippen LogP contribution in [0, 0.1) is 0 Å². The zero-order valence-corrected chi connectivity index (χ0v) is 18.8. The molecule has 1 heterocycles. The molecule has 0 bridgehead atoms. The molecule has 1 fully saturated rings. The zero-order chi connectivity index (χ0) is 18.8. The minimum atomic E-state index is -0.0467. The minimum absolute atomic E-state index is 0. The summed E-state index contributed by atoms with van der Waals surface area (Å²) in [6.45, 7) is 3.66. The zero-order valence-electron chi connectivity index (χ0n) is 16.5. The van der Waals surface area contributed by atoms with E-state index in [4.69, 9.17) is 4.74 Å². The highest BCUT2D eigenvalue weighted by Gasteiger charge is 2.15. The van der Waals surface area contributed by atoms with Gasteiger partial charge in [-0.2, -0.15) is 0 Å². The molecule has 1 aliphatic heterocycles. The van der Waals surface area contributed by atoms with E-state index in [0.717, 1.165) is 44.1 Å². The van der Waals surface area contributed by atoms with Gasteiger partial charge in [-0.1, -0.05) is 12.1 Å². The van der Waals surface area contributed by atoms with Crippen LogP contribution in [0.4, 0.5) is 0 Å². The number of hydrogen-bond donors (Lipinski definition) is 3. The van der Waals surface area contributed by atoms with Crippen LogP contribution in [0.1, 0.15) is 28.8 Å². The molecule has 2 rings (SSSR count). The Bertz CT molecular complexity index is 604. The summed E-state index contributed by atoms with van der Waals surface area (Å²) in [5.74, 6) is 0.691. The third kappa shape index (κ3) is 8.89. The van der Waals surface area contributed by atoms with E-state index in [-0.39, 0.29) is 36.0 Å². The van der Waals surface area contributed by atoms with E-state index in [0.29, 0.717) is 18.7 Å². The molecule has 7 nitrogen and oxygen atoms in total. The maximum Gasteiger partial charge on any atom is 0.251 e. The molecule has 8 heteroatoms. The monoisotopic (exact) mass is 489 g/mol. The van der Waals surface area contributed by atoms with Crippen molar-refractivity contribution in [3.05, 3.63) is 35.4 Å². The van der Waals surface area contributed by atoms with Crippen LogP contribution in [0.2, 0.25) is 0 Å². The molecule has 1 atom stereocenters. The van der Waals surface area contributed by atoms with Crippen LogP contribution in [-0.4, -0.2) is 70.3 Å². The van der Waals surface area contributed by atoms with E-state index in [9.17, 15) is 4.79 Å². The minimum Gasteiger partial charge on any atom is -0.376 e. The predicted molar refractivity (Wildman–Crippen MR) is 120 cm³/mol. The van der Waals surface area contributed by atoms with Crippen molar-refractivity contribution in [3.63, 3.8) is 0 Å². The highest BCUT2D eigenvalue weighted by atomic mass is 127. The second kappa shape index (κ2) is 12.9. The Labute approximate surface area is 179 Å². The van der Waals surface area contributed by atoms with Gasteiger partial charge >= 0.3 is 0 Å². The second-order valence-corrected chi connectivity index (χ2v) is 6.70. The van der Waals surface area contributed by atoms with Gasteiger partial charge in [-0.05, 0) is 44.6 Å². The van der Waals surface area contributed by atoms with E-state index < -0.39 is 0 Å². The van der Waals surface area contributed by atoms with Crippen molar-refractivity contribution in [1.82, 2.24) is 20.9 Å². The van der Waals surface area contributed by atoms with Crippen molar-refractivity contribution < 1.29 is 9.53 Å². The second-order valence-electron chi connectivity index (χ2n) is 6.70. The molecule has 1 unspecified atom stereocenters. The van der Waals surface area contributed by atoms with Gasteiger partial charge in [-0.25, -0.2) is 0 Å². The van der Waals surface area contributed by atoms with Crippen molar-refractivity contribution in [2.75, 3.05) is 47.4 Å². The molecule has 152 valence electrons. The fourth-order valence-corrected chi connectivity index (χ4v) is 2.74. The number of carbonyl (C=O) groups excluding carboxylic acids is 1. The van der Waals surface area contributed by atoms with Crippen LogP contribution in [-0.2, 0) is 11.3 Å². The van der Waals surface area contributed by atoms with Crippen molar-refractivity contribution in [2.24, 2.45) is 4.99 Å². The maximum absolute atomic E-state index is 12.2. The number of nitrogens with zero attached hydrogens (tertiary/aromatic N) is 2. The first-order chi connectivity index (χ1) is 12.6. The van der Waals surface area contributed by atoms with Gasteiger partial charge in [0.25, 0.3) is 5.91 Å². The number of likely N-dealkylation sites (N-methyl/N-ethyl adjacent to an activating group) is 1. The molecular weight excluding hydrogens is 457 g/mol. The maximum atomic E-state index is 12.2. The largest absolute Gasteiger partial charge is 0.376 e. The molecule has 1 aromatic carbocycles.